The van der Waals surface area contributed by atoms with E-state index in [4.69, 9.17) is 32.4 Å². The summed E-state index contributed by atoms with van der Waals surface area (Å²) in [6, 6.07) is 4.88. The fraction of sp³-hybridized carbons (Fsp3) is 0.400. The number of benzene rings is 1. The van der Waals surface area contributed by atoms with Gasteiger partial charge in [-0.3, -0.25) is 9.69 Å². The SMILES string of the molecule is O=C(CSc1nnc(CN2CCOCC2)o1)Nc1ccc(Cl)cc1Cl. The Bertz CT molecular complexity index is 737. The number of thioether (sulfide) groups is 1. The van der Waals surface area contributed by atoms with Gasteiger partial charge in [0.2, 0.25) is 11.8 Å². The van der Waals surface area contributed by atoms with E-state index in [1.807, 2.05) is 0 Å². The molecular formula is C15H16Cl2N4O3S. The van der Waals surface area contributed by atoms with Crippen molar-refractivity contribution in [2.24, 2.45) is 0 Å². The molecule has 1 saturated heterocycles. The molecule has 1 aromatic carbocycles. The average Bonchev–Trinajstić information content (AvgIpc) is 3.04. The van der Waals surface area contributed by atoms with Crippen LogP contribution in [0.3, 0.4) is 0 Å². The minimum absolute atomic E-state index is 0.137. The predicted octanol–water partition coefficient (Wildman–Crippen LogP) is 2.94. The number of carbonyl (C=O) groups is 1. The molecule has 134 valence electrons. The zero-order valence-corrected chi connectivity index (χ0v) is 15.5. The smallest absolute Gasteiger partial charge is 0.277 e. The Morgan fingerprint density at radius 3 is 2.84 bits per heavy atom. The highest BCUT2D eigenvalue weighted by atomic mass is 35.5. The van der Waals surface area contributed by atoms with Crippen LogP contribution in [0.5, 0.6) is 0 Å². The molecule has 0 atom stereocenters. The molecule has 0 unspecified atom stereocenters. The van der Waals surface area contributed by atoms with Crippen LogP contribution >= 0.6 is 35.0 Å². The van der Waals surface area contributed by atoms with Crippen molar-refractivity contribution in [3.05, 3.63) is 34.1 Å². The first kappa shape index (κ1) is 18.5. The van der Waals surface area contributed by atoms with E-state index >= 15 is 0 Å². The summed E-state index contributed by atoms with van der Waals surface area (Å²) in [7, 11) is 0. The number of ether oxygens (including phenoxy) is 1. The molecule has 3 rings (SSSR count). The van der Waals surface area contributed by atoms with Crippen LogP contribution in [-0.2, 0) is 16.1 Å². The number of rotatable bonds is 6. The first-order chi connectivity index (χ1) is 12.1. The molecular weight excluding hydrogens is 387 g/mol. The van der Waals surface area contributed by atoms with Crippen molar-refractivity contribution in [1.82, 2.24) is 15.1 Å². The van der Waals surface area contributed by atoms with Crippen molar-refractivity contribution >= 4 is 46.6 Å². The Balaban J connectivity index is 1.47. The van der Waals surface area contributed by atoms with E-state index in [9.17, 15) is 4.79 Å². The van der Waals surface area contributed by atoms with Crippen LogP contribution in [0.1, 0.15) is 5.89 Å². The number of morpholine rings is 1. The van der Waals surface area contributed by atoms with E-state index < -0.39 is 0 Å². The van der Waals surface area contributed by atoms with Crippen molar-refractivity contribution in [2.75, 3.05) is 37.4 Å². The van der Waals surface area contributed by atoms with Crippen molar-refractivity contribution in [3.63, 3.8) is 0 Å². The number of nitrogens with zero attached hydrogens (tertiary/aromatic N) is 3. The lowest BCUT2D eigenvalue weighted by Crippen LogP contribution is -2.35. The van der Waals surface area contributed by atoms with Crippen LogP contribution in [0.15, 0.2) is 27.8 Å². The molecule has 2 aromatic rings. The number of hydrogen-bond donors (Lipinski definition) is 1. The fourth-order valence-corrected chi connectivity index (χ4v) is 3.25. The Morgan fingerprint density at radius 1 is 1.28 bits per heavy atom. The van der Waals surface area contributed by atoms with E-state index in [1.165, 1.54) is 11.8 Å². The third-order valence-electron chi connectivity index (χ3n) is 3.44. The first-order valence-electron chi connectivity index (χ1n) is 7.60. The summed E-state index contributed by atoms with van der Waals surface area (Å²) in [4.78, 5) is 14.2. The first-order valence-corrected chi connectivity index (χ1v) is 9.34. The van der Waals surface area contributed by atoms with Gasteiger partial charge in [0.1, 0.15) is 0 Å². The summed E-state index contributed by atoms with van der Waals surface area (Å²) in [6.45, 7) is 3.69. The second-order valence-electron chi connectivity index (χ2n) is 5.31. The number of halogens is 2. The molecule has 0 saturated carbocycles. The summed E-state index contributed by atoms with van der Waals surface area (Å²) >= 11 is 13.0. The van der Waals surface area contributed by atoms with Crippen molar-refractivity contribution in [1.29, 1.82) is 0 Å². The van der Waals surface area contributed by atoms with Gasteiger partial charge in [0, 0.05) is 18.1 Å². The molecule has 0 radical (unpaired) electrons. The number of nitrogens with one attached hydrogen (secondary N) is 1. The Kier molecular flexibility index (Phi) is 6.55. The number of aromatic nitrogens is 2. The molecule has 1 aliphatic rings. The van der Waals surface area contributed by atoms with Gasteiger partial charge in [-0.2, -0.15) is 0 Å². The van der Waals surface area contributed by atoms with E-state index in [1.54, 1.807) is 18.2 Å². The molecule has 0 spiro atoms. The van der Waals surface area contributed by atoms with Gasteiger partial charge in [-0.05, 0) is 18.2 Å². The summed E-state index contributed by atoms with van der Waals surface area (Å²) in [5, 5.41) is 11.9. The third-order valence-corrected chi connectivity index (χ3v) is 4.81. The van der Waals surface area contributed by atoms with Crippen LogP contribution in [0.4, 0.5) is 5.69 Å². The topological polar surface area (TPSA) is 80.5 Å². The largest absolute Gasteiger partial charge is 0.415 e. The molecule has 2 heterocycles. The highest BCUT2D eigenvalue weighted by molar-refractivity contribution is 7.99. The van der Waals surface area contributed by atoms with Crippen LogP contribution in [0, 0.1) is 0 Å². The molecule has 1 fully saturated rings. The molecule has 10 heteroatoms. The predicted molar refractivity (Wildman–Crippen MR) is 96.2 cm³/mol. The Hall–Kier alpha value is -1.32. The molecule has 1 aliphatic heterocycles. The van der Waals surface area contributed by atoms with E-state index in [0.717, 1.165) is 13.1 Å². The zero-order chi connectivity index (χ0) is 17.6. The second-order valence-corrected chi connectivity index (χ2v) is 7.08. The highest BCUT2D eigenvalue weighted by Gasteiger charge is 2.16. The maximum absolute atomic E-state index is 12.0. The van der Waals surface area contributed by atoms with Crippen LogP contribution < -0.4 is 5.32 Å². The van der Waals surface area contributed by atoms with Gasteiger partial charge in [0.25, 0.3) is 5.22 Å². The van der Waals surface area contributed by atoms with Gasteiger partial charge in [-0.1, -0.05) is 35.0 Å². The van der Waals surface area contributed by atoms with Crippen LogP contribution in [0.25, 0.3) is 0 Å². The minimum atomic E-state index is -0.220. The number of anilines is 1. The monoisotopic (exact) mass is 402 g/mol. The summed E-state index contributed by atoms with van der Waals surface area (Å²) in [6.07, 6.45) is 0. The van der Waals surface area contributed by atoms with E-state index in [2.05, 4.69) is 20.4 Å². The molecule has 0 aliphatic carbocycles. The molecule has 1 amide bonds. The lowest BCUT2D eigenvalue weighted by Gasteiger charge is -2.24. The minimum Gasteiger partial charge on any atom is -0.415 e. The normalized spacial score (nSPS) is 15.3. The van der Waals surface area contributed by atoms with Gasteiger partial charge in [0.15, 0.2) is 0 Å². The summed E-state index contributed by atoms with van der Waals surface area (Å²) < 4.78 is 10.9. The maximum atomic E-state index is 12.0. The Labute approximate surface area is 159 Å². The standard InChI is InChI=1S/C15H16Cl2N4O3S/c16-10-1-2-12(11(17)7-10)18-13(22)9-25-15-20-19-14(24-15)8-21-3-5-23-6-4-21/h1-2,7H,3-6,8-9H2,(H,18,22). The van der Waals surface area contributed by atoms with Crippen molar-refractivity contribution < 1.29 is 13.9 Å². The third kappa shape index (κ3) is 5.58. The number of amides is 1. The molecule has 1 aromatic heterocycles. The summed E-state index contributed by atoms with van der Waals surface area (Å²) in [5.74, 6) is 0.450. The lowest BCUT2D eigenvalue weighted by atomic mass is 10.3. The van der Waals surface area contributed by atoms with Crippen molar-refractivity contribution in [2.45, 2.75) is 11.8 Å². The van der Waals surface area contributed by atoms with Gasteiger partial charge < -0.3 is 14.5 Å². The van der Waals surface area contributed by atoms with E-state index in [0.29, 0.717) is 46.6 Å². The average molecular weight is 403 g/mol. The van der Waals surface area contributed by atoms with Crippen LogP contribution in [-0.4, -0.2) is 53.1 Å². The van der Waals surface area contributed by atoms with Gasteiger partial charge in [-0.15, -0.1) is 10.2 Å². The molecule has 1 N–H and O–H groups in total. The summed E-state index contributed by atoms with van der Waals surface area (Å²) in [5.41, 5.74) is 0.509. The second kappa shape index (κ2) is 8.86. The van der Waals surface area contributed by atoms with E-state index in [-0.39, 0.29) is 11.7 Å². The fourth-order valence-electron chi connectivity index (χ4n) is 2.22. The maximum Gasteiger partial charge on any atom is 0.277 e. The van der Waals surface area contributed by atoms with Crippen molar-refractivity contribution in [3.8, 4) is 0 Å². The molecule has 25 heavy (non-hydrogen) atoms. The quantitative estimate of drug-likeness (QED) is 0.743. The molecule has 7 nitrogen and oxygen atoms in total. The number of hydrogen-bond acceptors (Lipinski definition) is 7. The highest BCUT2D eigenvalue weighted by Crippen LogP contribution is 2.26. The van der Waals surface area contributed by atoms with Gasteiger partial charge >= 0.3 is 0 Å². The lowest BCUT2D eigenvalue weighted by molar-refractivity contribution is -0.113. The van der Waals surface area contributed by atoms with Gasteiger partial charge in [-0.25, -0.2) is 0 Å². The zero-order valence-electron chi connectivity index (χ0n) is 13.2. The molecule has 0 bridgehead atoms. The Morgan fingerprint density at radius 2 is 2.08 bits per heavy atom. The number of carbonyl (C=O) groups excluding carboxylic acids is 1. The van der Waals surface area contributed by atoms with Crippen LogP contribution in [0.2, 0.25) is 10.0 Å². The van der Waals surface area contributed by atoms with Gasteiger partial charge in [0.05, 0.1) is 36.2 Å².